The molecule has 0 aliphatic carbocycles. The van der Waals surface area contributed by atoms with Gasteiger partial charge in [-0.05, 0) is 74.1 Å². The van der Waals surface area contributed by atoms with E-state index in [2.05, 4.69) is 82.4 Å². The van der Waals surface area contributed by atoms with E-state index in [0.29, 0.717) is 0 Å². The summed E-state index contributed by atoms with van der Waals surface area (Å²) >= 11 is 3.74. The number of aliphatic imine (C=N–C) groups is 1. The summed E-state index contributed by atoms with van der Waals surface area (Å²) in [6.07, 6.45) is 3.04. The van der Waals surface area contributed by atoms with Gasteiger partial charge in [-0.15, -0.1) is 0 Å². The van der Waals surface area contributed by atoms with Crippen LogP contribution in [0.4, 0.5) is 0 Å². The minimum Gasteiger partial charge on any atom is -0.361 e. The zero-order chi connectivity index (χ0) is 19.8. The maximum absolute atomic E-state index is 5.35. The van der Waals surface area contributed by atoms with Gasteiger partial charge in [0.25, 0.3) is 0 Å². The molecule has 0 atom stereocenters. The quantitative estimate of drug-likeness (QED) is 0.478. The van der Waals surface area contributed by atoms with E-state index in [4.69, 9.17) is 4.52 Å². The molecule has 1 aliphatic rings. The van der Waals surface area contributed by atoms with E-state index >= 15 is 0 Å². The summed E-state index contributed by atoms with van der Waals surface area (Å²) in [5.74, 6) is 0.861. The summed E-state index contributed by atoms with van der Waals surface area (Å²) in [6.45, 7) is 9.04. The van der Waals surface area contributed by atoms with Gasteiger partial charge in [-0.1, -0.05) is 51.4 Å². The van der Waals surface area contributed by atoms with E-state index in [-0.39, 0.29) is 0 Å². The molecule has 3 nitrogen and oxygen atoms in total. The van der Waals surface area contributed by atoms with Crippen molar-refractivity contribution >= 4 is 21.6 Å². The van der Waals surface area contributed by atoms with Crippen LogP contribution in [0, 0.1) is 20.8 Å². The van der Waals surface area contributed by atoms with Crippen LogP contribution in [0.5, 0.6) is 0 Å². The molecule has 0 fully saturated rings. The average Bonchev–Trinajstić information content (AvgIpc) is 3.23. The van der Waals surface area contributed by atoms with Crippen LogP contribution in [-0.4, -0.2) is 17.4 Å². The van der Waals surface area contributed by atoms with E-state index in [1.165, 1.54) is 22.3 Å². The molecule has 2 heterocycles. The molecular formula is C24H23BrN2O. The van der Waals surface area contributed by atoms with Crippen LogP contribution < -0.4 is 0 Å². The van der Waals surface area contributed by atoms with Crippen LogP contribution in [0.25, 0.3) is 11.1 Å². The van der Waals surface area contributed by atoms with Crippen molar-refractivity contribution in [3.05, 3.63) is 86.2 Å². The Labute approximate surface area is 174 Å². The van der Waals surface area contributed by atoms with Gasteiger partial charge in [0.2, 0.25) is 0 Å². The number of nitrogens with zero attached hydrogens (tertiary/aromatic N) is 2. The minimum atomic E-state index is 0.803. The summed E-state index contributed by atoms with van der Waals surface area (Å²) in [5, 5.41) is 4.10. The molecule has 2 aromatic carbocycles. The Kier molecular flexibility index (Phi) is 5.07. The first kappa shape index (κ1) is 18.9. The third-order valence-electron chi connectivity index (χ3n) is 5.26. The number of benzene rings is 2. The number of aryl methyl sites for hydroxylation is 3. The molecule has 0 amide bonds. The van der Waals surface area contributed by atoms with Crippen molar-refractivity contribution in [2.24, 2.45) is 4.99 Å². The van der Waals surface area contributed by atoms with Gasteiger partial charge in [0.15, 0.2) is 0 Å². The minimum absolute atomic E-state index is 0.803. The van der Waals surface area contributed by atoms with Gasteiger partial charge >= 0.3 is 0 Å². The van der Waals surface area contributed by atoms with Crippen molar-refractivity contribution in [3.63, 3.8) is 0 Å². The lowest BCUT2D eigenvalue weighted by Gasteiger charge is -2.11. The SMILES string of the molecule is CC1=CC(c2ccc(Cc3cc(-c4c(C)noc4C)ccc3C)cc2Br)=NC1. The Bertz CT molecular complexity index is 1100. The number of rotatable bonds is 4. The van der Waals surface area contributed by atoms with Crippen molar-refractivity contribution < 1.29 is 4.52 Å². The smallest absolute Gasteiger partial charge is 0.141 e. The zero-order valence-corrected chi connectivity index (χ0v) is 18.2. The van der Waals surface area contributed by atoms with Crippen LogP contribution in [0.15, 0.2) is 62.0 Å². The van der Waals surface area contributed by atoms with E-state index < -0.39 is 0 Å². The third kappa shape index (κ3) is 3.61. The van der Waals surface area contributed by atoms with Gasteiger partial charge < -0.3 is 4.52 Å². The Morgan fingerprint density at radius 2 is 1.86 bits per heavy atom. The monoisotopic (exact) mass is 434 g/mol. The zero-order valence-electron chi connectivity index (χ0n) is 16.6. The summed E-state index contributed by atoms with van der Waals surface area (Å²) in [6, 6.07) is 13.2. The maximum atomic E-state index is 5.35. The second-order valence-corrected chi connectivity index (χ2v) is 8.38. The lowest BCUT2D eigenvalue weighted by Crippen LogP contribution is -1.98. The Balaban J connectivity index is 1.64. The van der Waals surface area contributed by atoms with Gasteiger partial charge in [-0.2, -0.15) is 0 Å². The van der Waals surface area contributed by atoms with Crippen molar-refractivity contribution in [2.75, 3.05) is 6.54 Å². The lowest BCUT2D eigenvalue weighted by atomic mass is 9.94. The largest absolute Gasteiger partial charge is 0.361 e. The number of allylic oxidation sites excluding steroid dienone is 1. The summed E-state index contributed by atoms with van der Waals surface area (Å²) in [5.41, 5.74) is 10.6. The fourth-order valence-corrected chi connectivity index (χ4v) is 4.34. The van der Waals surface area contributed by atoms with Crippen molar-refractivity contribution in [1.82, 2.24) is 5.16 Å². The van der Waals surface area contributed by atoms with E-state index in [1.54, 1.807) is 0 Å². The van der Waals surface area contributed by atoms with Crippen LogP contribution in [-0.2, 0) is 6.42 Å². The predicted molar refractivity (Wildman–Crippen MR) is 118 cm³/mol. The number of hydrogen-bond acceptors (Lipinski definition) is 3. The molecule has 0 saturated heterocycles. The molecule has 4 heteroatoms. The number of hydrogen-bond donors (Lipinski definition) is 0. The van der Waals surface area contributed by atoms with Crippen molar-refractivity contribution in [1.29, 1.82) is 0 Å². The number of aromatic nitrogens is 1. The molecular weight excluding hydrogens is 412 g/mol. The van der Waals surface area contributed by atoms with Crippen molar-refractivity contribution in [2.45, 2.75) is 34.1 Å². The first-order chi connectivity index (χ1) is 13.4. The first-order valence-electron chi connectivity index (χ1n) is 9.45. The fourth-order valence-electron chi connectivity index (χ4n) is 3.71. The normalized spacial score (nSPS) is 13.6. The molecule has 0 bridgehead atoms. The molecule has 28 heavy (non-hydrogen) atoms. The van der Waals surface area contributed by atoms with Crippen LogP contribution in [0.1, 0.15) is 40.6 Å². The Morgan fingerprint density at radius 1 is 1.04 bits per heavy atom. The molecule has 1 aromatic heterocycles. The van der Waals surface area contributed by atoms with E-state index in [9.17, 15) is 0 Å². The van der Waals surface area contributed by atoms with E-state index in [0.717, 1.165) is 51.3 Å². The highest BCUT2D eigenvalue weighted by molar-refractivity contribution is 9.10. The number of halogens is 1. The van der Waals surface area contributed by atoms with Gasteiger partial charge in [0, 0.05) is 15.6 Å². The highest BCUT2D eigenvalue weighted by Gasteiger charge is 2.14. The van der Waals surface area contributed by atoms with Gasteiger partial charge in [0.1, 0.15) is 5.76 Å². The summed E-state index contributed by atoms with van der Waals surface area (Å²) in [7, 11) is 0. The Hall–Kier alpha value is -2.46. The highest BCUT2D eigenvalue weighted by Crippen LogP contribution is 2.30. The van der Waals surface area contributed by atoms with E-state index in [1.807, 2.05) is 13.8 Å². The molecule has 1 aliphatic heterocycles. The molecule has 0 spiro atoms. The lowest BCUT2D eigenvalue weighted by molar-refractivity contribution is 0.393. The molecule has 0 radical (unpaired) electrons. The molecule has 0 unspecified atom stereocenters. The molecule has 0 saturated carbocycles. The Morgan fingerprint density at radius 3 is 2.50 bits per heavy atom. The summed E-state index contributed by atoms with van der Waals surface area (Å²) in [4.78, 5) is 4.61. The van der Waals surface area contributed by atoms with Crippen molar-refractivity contribution in [3.8, 4) is 11.1 Å². The van der Waals surface area contributed by atoms with Crippen LogP contribution in [0.2, 0.25) is 0 Å². The molecule has 3 aromatic rings. The standard InChI is InChI=1S/C24H23BrN2O/c1-14-9-23(26-13-14)21-8-6-18(11-22(21)25)10-20-12-19(7-5-15(20)2)24-16(3)27-28-17(24)4/h5-9,11-12H,10,13H2,1-4H3. The topological polar surface area (TPSA) is 38.4 Å². The molecule has 0 N–H and O–H groups in total. The molecule has 142 valence electrons. The second kappa shape index (κ2) is 7.51. The maximum Gasteiger partial charge on any atom is 0.141 e. The van der Waals surface area contributed by atoms with Crippen LogP contribution in [0.3, 0.4) is 0 Å². The predicted octanol–water partition coefficient (Wildman–Crippen LogP) is 6.37. The van der Waals surface area contributed by atoms with Gasteiger partial charge in [-0.25, -0.2) is 0 Å². The molecule has 4 rings (SSSR count). The first-order valence-corrected chi connectivity index (χ1v) is 10.2. The fraction of sp³-hybridized carbons (Fsp3) is 0.250. The second-order valence-electron chi connectivity index (χ2n) is 7.52. The van der Waals surface area contributed by atoms with Gasteiger partial charge in [-0.3, -0.25) is 4.99 Å². The van der Waals surface area contributed by atoms with Gasteiger partial charge in [0.05, 0.1) is 18.0 Å². The highest BCUT2D eigenvalue weighted by atomic mass is 79.9. The van der Waals surface area contributed by atoms with Crippen LogP contribution >= 0.6 is 15.9 Å². The summed E-state index contributed by atoms with van der Waals surface area (Å²) < 4.78 is 6.44. The average molecular weight is 435 g/mol. The third-order valence-corrected chi connectivity index (χ3v) is 5.91.